The third kappa shape index (κ3) is 4.63. The molecule has 0 saturated carbocycles. The normalized spacial score (nSPS) is 18.4. The molecule has 0 aromatic carbocycles. The van der Waals surface area contributed by atoms with Crippen LogP contribution in [0.15, 0.2) is 23.0 Å². The van der Waals surface area contributed by atoms with Crippen LogP contribution in [0.1, 0.15) is 38.3 Å². The molecule has 1 amide bonds. The molecule has 1 fully saturated rings. The van der Waals surface area contributed by atoms with Crippen LogP contribution in [0, 0.1) is 0 Å². The molecular weight excluding hydrogens is 356 g/mol. The molecule has 0 bridgehead atoms. The Labute approximate surface area is 159 Å². The van der Waals surface area contributed by atoms with Gasteiger partial charge in [0.1, 0.15) is 5.82 Å². The van der Waals surface area contributed by atoms with Crippen molar-refractivity contribution >= 4 is 24.2 Å². The first-order valence-electron chi connectivity index (χ1n) is 8.53. The van der Waals surface area contributed by atoms with E-state index in [0.717, 1.165) is 31.2 Å². The van der Waals surface area contributed by atoms with Crippen molar-refractivity contribution in [3.05, 3.63) is 30.0 Å². The van der Waals surface area contributed by atoms with Crippen LogP contribution in [-0.4, -0.2) is 51.7 Å². The van der Waals surface area contributed by atoms with Gasteiger partial charge in [0.05, 0.1) is 18.3 Å². The summed E-state index contributed by atoms with van der Waals surface area (Å²) < 4.78 is 7.23. The number of anilines is 1. The summed E-state index contributed by atoms with van der Waals surface area (Å²) in [4.78, 5) is 19.0. The second-order valence-corrected chi connectivity index (χ2v) is 7.46. The molecule has 8 nitrogen and oxygen atoms in total. The fourth-order valence-electron chi connectivity index (χ4n) is 2.94. The van der Waals surface area contributed by atoms with Crippen molar-refractivity contribution in [3.63, 3.8) is 0 Å². The van der Waals surface area contributed by atoms with Crippen molar-refractivity contribution in [2.75, 3.05) is 31.5 Å². The van der Waals surface area contributed by atoms with E-state index in [0.29, 0.717) is 5.88 Å². The van der Waals surface area contributed by atoms with E-state index in [1.54, 1.807) is 12.3 Å². The number of piperazine rings is 1. The molecule has 3 rings (SSSR count). The van der Waals surface area contributed by atoms with Crippen LogP contribution >= 0.6 is 12.4 Å². The number of aromatic nitrogens is 3. The first kappa shape index (κ1) is 20.4. The van der Waals surface area contributed by atoms with Gasteiger partial charge >= 0.3 is 0 Å². The van der Waals surface area contributed by atoms with Crippen LogP contribution in [0.5, 0.6) is 0 Å². The molecular formula is C17H27ClN6O2. The van der Waals surface area contributed by atoms with Crippen molar-refractivity contribution in [2.24, 2.45) is 7.05 Å². The lowest BCUT2D eigenvalue weighted by Crippen LogP contribution is -2.49. The standard InChI is InChI=1S/C17H26N6O2.ClH/c1-17(2,3)13-9-15(25-21-13)20-14(24)11-23-8-5-18-10-12(23)16-19-6-7-22(16)4;/h6-7,9,12,18H,5,8,10-11H2,1-4H3,(H,20,24);1H. The average Bonchev–Trinajstić information content (AvgIpc) is 3.16. The van der Waals surface area contributed by atoms with Crippen molar-refractivity contribution in [1.29, 1.82) is 0 Å². The number of carbonyl (C=O) groups excluding carboxylic acids is 1. The van der Waals surface area contributed by atoms with E-state index in [4.69, 9.17) is 4.52 Å². The molecule has 2 aromatic rings. The minimum absolute atomic E-state index is 0. The second kappa shape index (κ2) is 8.20. The van der Waals surface area contributed by atoms with Crippen molar-refractivity contribution in [1.82, 2.24) is 24.9 Å². The van der Waals surface area contributed by atoms with Gasteiger partial charge in [-0.05, 0) is 0 Å². The summed E-state index contributed by atoms with van der Waals surface area (Å²) >= 11 is 0. The number of imidazole rings is 1. The SMILES string of the molecule is Cl.Cn1ccnc1C1CNCCN1CC(=O)Nc1cc(C(C)(C)C)no1. The Morgan fingerprint density at radius 3 is 2.85 bits per heavy atom. The van der Waals surface area contributed by atoms with Gasteiger partial charge in [0.25, 0.3) is 0 Å². The predicted octanol–water partition coefficient (Wildman–Crippen LogP) is 1.71. The van der Waals surface area contributed by atoms with Crippen LogP contribution in [-0.2, 0) is 17.3 Å². The first-order valence-corrected chi connectivity index (χ1v) is 8.53. The number of hydrogen-bond donors (Lipinski definition) is 2. The molecule has 2 aromatic heterocycles. The molecule has 3 heterocycles. The van der Waals surface area contributed by atoms with Crippen molar-refractivity contribution in [2.45, 2.75) is 32.2 Å². The maximum atomic E-state index is 12.5. The van der Waals surface area contributed by atoms with Crippen molar-refractivity contribution < 1.29 is 9.32 Å². The van der Waals surface area contributed by atoms with Crippen LogP contribution < -0.4 is 10.6 Å². The monoisotopic (exact) mass is 382 g/mol. The highest BCUT2D eigenvalue weighted by Crippen LogP contribution is 2.24. The van der Waals surface area contributed by atoms with Crippen LogP contribution in [0.2, 0.25) is 0 Å². The molecule has 1 aliphatic rings. The molecule has 1 saturated heterocycles. The maximum absolute atomic E-state index is 12.5. The van der Waals surface area contributed by atoms with E-state index >= 15 is 0 Å². The fourth-order valence-corrected chi connectivity index (χ4v) is 2.94. The Hall–Kier alpha value is -1.90. The van der Waals surface area contributed by atoms with E-state index in [2.05, 4.69) is 46.4 Å². The van der Waals surface area contributed by atoms with E-state index in [1.807, 2.05) is 17.8 Å². The number of carbonyl (C=O) groups is 1. The lowest BCUT2D eigenvalue weighted by atomic mass is 9.92. The van der Waals surface area contributed by atoms with E-state index in [9.17, 15) is 4.79 Å². The van der Waals surface area contributed by atoms with Gasteiger partial charge in [-0.1, -0.05) is 25.9 Å². The minimum atomic E-state index is -0.117. The highest BCUT2D eigenvalue weighted by molar-refractivity contribution is 5.91. The Kier molecular flexibility index (Phi) is 6.44. The van der Waals surface area contributed by atoms with Gasteiger partial charge < -0.3 is 14.4 Å². The molecule has 9 heteroatoms. The molecule has 1 atom stereocenters. The first-order chi connectivity index (χ1) is 11.8. The van der Waals surface area contributed by atoms with Gasteiger partial charge in [0.15, 0.2) is 0 Å². The van der Waals surface area contributed by atoms with E-state index in [-0.39, 0.29) is 36.3 Å². The maximum Gasteiger partial charge on any atom is 0.240 e. The number of hydrogen-bond acceptors (Lipinski definition) is 6. The molecule has 1 aliphatic heterocycles. The van der Waals surface area contributed by atoms with E-state index < -0.39 is 0 Å². The third-order valence-corrected chi connectivity index (χ3v) is 4.40. The number of nitrogens with one attached hydrogen (secondary N) is 2. The average molecular weight is 383 g/mol. The highest BCUT2D eigenvalue weighted by atomic mass is 35.5. The van der Waals surface area contributed by atoms with E-state index in [1.165, 1.54) is 0 Å². The summed E-state index contributed by atoms with van der Waals surface area (Å²) in [5, 5.41) is 10.2. The van der Waals surface area contributed by atoms with Gasteiger partial charge in [0, 0.05) is 50.6 Å². The Balaban J connectivity index is 0.00000243. The largest absolute Gasteiger partial charge is 0.338 e. The van der Waals surface area contributed by atoms with Crippen LogP contribution in [0.4, 0.5) is 5.88 Å². The predicted molar refractivity (Wildman–Crippen MR) is 101 cm³/mol. The molecule has 0 spiro atoms. The van der Waals surface area contributed by atoms with Crippen LogP contribution in [0.25, 0.3) is 0 Å². The number of aryl methyl sites for hydroxylation is 1. The third-order valence-electron chi connectivity index (χ3n) is 4.40. The van der Waals surface area contributed by atoms with Gasteiger partial charge in [-0.15, -0.1) is 12.4 Å². The fraction of sp³-hybridized carbons (Fsp3) is 0.588. The Bertz CT molecular complexity index is 736. The molecule has 1 unspecified atom stereocenters. The number of amides is 1. The lowest BCUT2D eigenvalue weighted by molar-refractivity contribution is -0.118. The zero-order valence-corrected chi connectivity index (χ0v) is 16.5. The van der Waals surface area contributed by atoms with Crippen LogP contribution in [0.3, 0.4) is 0 Å². The van der Waals surface area contributed by atoms with Gasteiger partial charge in [-0.3, -0.25) is 15.0 Å². The summed E-state index contributed by atoms with van der Waals surface area (Å²) in [6.07, 6.45) is 3.70. The topological polar surface area (TPSA) is 88.2 Å². The molecule has 2 N–H and O–H groups in total. The van der Waals surface area contributed by atoms with Gasteiger partial charge in [-0.2, -0.15) is 0 Å². The molecule has 0 radical (unpaired) electrons. The number of nitrogens with zero attached hydrogens (tertiary/aromatic N) is 4. The number of rotatable bonds is 4. The van der Waals surface area contributed by atoms with Gasteiger partial charge in [-0.25, -0.2) is 4.98 Å². The summed E-state index contributed by atoms with van der Waals surface area (Å²) in [7, 11) is 1.97. The Morgan fingerprint density at radius 2 is 2.23 bits per heavy atom. The minimum Gasteiger partial charge on any atom is -0.338 e. The highest BCUT2D eigenvalue weighted by Gasteiger charge is 2.28. The molecule has 0 aliphatic carbocycles. The van der Waals surface area contributed by atoms with Crippen molar-refractivity contribution in [3.8, 4) is 0 Å². The zero-order chi connectivity index (χ0) is 18.0. The zero-order valence-electron chi connectivity index (χ0n) is 15.7. The number of halogens is 1. The smallest absolute Gasteiger partial charge is 0.240 e. The molecule has 144 valence electrons. The quantitative estimate of drug-likeness (QED) is 0.837. The Morgan fingerprint density at radius 1 is 1.46 bits per heavy atom. The summed E-state index contributed by atoms with van der Waals surface area (Å²) in [6.45, 7) is 8.84. The molecule has 26 heavy (non-hydrogen) atoms. The summed E-state index contributed by atoms with van der Waals surface area (Å²) in [5.74, 6) is 1.23. The van der Waals surface area contributed by atoms with Gasteiger partial charge in [0.2, 0.25) is 11.8 Å². The summed E-state index contributed by atoms with van der Waals surface area (Å²) in [5.41, 5.74) is 0.699. The second-order valence-electron chi connectivity index (χ2n) is 7.46. The summed E-state index contributed by atoms with van der Waals surface area (Å²) in [6, 6.07) is 1.85. The lowest BCUT2D eigenvalue weighted by Gasteiger charge is -2.35.